The Morgan fingerprint density at radius 2 is 2.07 bits per heavy atom. The normalized spacial score (nSPS) is 22.2. The van der Waals surface area contributed by atoms with Gasteiger partial charge in [0.1, 0.15) is 0 Å². The van der Waals surface area contributed by atoms with Crippen molar-refractivity contribution in [3.8, 4) is 0 Å². The molecule has 0 aromatic carbocycles. The summed E-state index contributed by atoms with van der Waals surface area (Å²) in [4.78, 5) is 17.2. The Morgan fingerprint density at radius 1 is 1.14 bits per heavy atom. The Balaban J connectivity index is 1.39. The molecule has 7 nitrogen and oxygen atoms in total. The maximum Gasteiger partial charge on any atom is 0.267 e. The average molecular weight is 399 g/mol. The summed E-state index contributed by atoms with van der Waals surface area (Å²) in [6.07, 6.45) is 4.09. The zero-order chi connectivity index (χ0) is 19.1. The van der Waals surface area contributed by atoms with Crippen molar-refractivity contribution < 1.29 is 0 Å². The number of anilines is 1. The quantitative estimate of drug-likeness (QED) is 0.776. The second-order valence-electron chi connectivity index (χ2n) is 8.09. The molecule has 0 saturated carbocycles. The molecular weight excluding hydrogens is 372 g/mol. The SMILES string of the molecule is CN1CCc2nnc(N3CCCC3Cn3nc4c(cc3=O)CSCC4)cc2C1. The van der Waals surface area contributed by atoms with Crippen LogP contribution in [0.5, 0.6) is 0 Å². The second kappa shape index (κ2) is 7.48. The van der Waals surface area contributed by atoms with Gasteiger partial charge in [-0.2, -0.15) is 22.0 Å². The van der Waals surface area contributed by atoms with E-state index in [-0.39, 0.29) is 11.6 Å². The number of thioether (sulfide) groups is 1. The summed E-state index contributed by atoms with van der Waals surface area (Å²) in [7, 11) is 2.15. The van der Waals surface area contributed by atoms with Gasteiger partial charge < -0.3 is 9.80 Å². The van der Waals surface area contributed by atoms with Crippen LogP contribution in [0.25, 0.3) is 0 Å². The van der Waals surface area contributed by atoms with E-state index >= 15 is 0 Å². The van der Waals surface area contributed by atoms with Crippen LogP contribution in [-0.2, 0) is 31.7 Å². The maximum absolute atomic E-state index is 12.6. The van der Waals surface area contributed by atoms with Gasteiger partial charge >= 0.3 is 0 Å². The molecule has 3 aliphatic rings. The number of rotatable bonds is 3. The van der Waals surface area contributed by atoms with Gasteiger partial charge in [0, 0.05) is 44.3 Å². The van der Waals surface area contributed by atoms with Crippen LogP contribution in [-0.4, -0.2) is 56.8 Å². The van der Waals surface area contributed by atoms with Gasteiger partial charge in [0.25, 0.3) is 5.56 Å². The molecule has 0 spiro atoms. The molecule has 1 atom stereocenters. The van der Waals surface area contributed by atoms with Crippen LogP contribution >= 0.6 is 11.8 Å². The third-order valence-electron chi connectivity index (χ3n) is 6.08. The number of nitrogens with zero attached hydrogens (tertiary/aromatic N) is 6. The van der Waals surface area contributed by atoms with Gasteiger partial charge in [-0.25, -0.2) is 4.68 Å². The lowest BCUT2D eigenvalue weighted by Crippen LogP contribution is -2.38. The number of aromatic nitrogens is 4. The highest BCUT2D eigenvalue weighted by Gasteiger charge is 2.28. The zero-order valence-electron chi connectivity index (χ0n) is 16.3. The number of fused-ring (bicyclic) bond motifs is 2. The molecule has 5 heterocycles. The summed E-state index contributed by atoms with van der Waals surface area (Å²) in [6.45, 7) is 3.56. The zero-order valence-corrected chi connectivity index (χ0v) is 17.1. The molecule has 0 amide bonds. The molecule has 2 aromatic rings. The van der Waals surface area contributed by atoms with Gasteiger partial charge in [-0.1, -0.05) is 0 Å². The molecule has 1 saturated heterocycles. The lowest BCUT2D eigenvalue weighted by atomic mass is 10.1. The van der Waals surface area contributed by atoms with Gasteiger partial charge in [-0.3, -0.25) is 4.79 Å². The van der Waals surface area contributed by atoms with Crippen LogP contribution in [0.15, 0.2) is 16.9 Å². The minimum absolute atomic E-state index is 0.0197. The molecule has 3 aliphatic heterocycles. The minimum Gasteiger partial charge on any atom is -0.350 e. The molecule has 5 rings (SSSR count). The Hall–Kier alpha value is -1.93. The summed E-state index contributed by atoms with van der Waals surface area (Å²) >= 11 is 1.88. The molecule has 1 unspecified atom stereocenters. The predicted octanol–water partition coefficient (Wildman–Crippen LogP) is 1.48. The van der Waals surface area contributed by atoms with Crippen molar-refractivity contribution in [2.24, 2.45) is 0 Å². The van der Waals surface area contributed by atoms with Crippen LogP contribution in [0.4, 0.5) is 5.82 Å². The molecule has 0 aliphatic carbocycles. The first-order chi connectivity index (χ1) is 13.7. The van der Waals surface area contributed by atoms with Crippen molar-refractivity contribution >= 4 is 17.6 Å². The Bertz CT molecular complexity index is 945. The molecule has 1 fully saturated rings. The van der Waals surface area contributed by atoms with Gasteiger partial charge in [-0.15, -0.1) is 5.10 Å². The fourth-order valence-electron chi connectivity index (χ4n) is 4.51. The summed E-state index contributed by atoms with van der Waals surface area (Å²) in [5.41, 5.74) is 4.64. The smallest absolute Gasteiger partial charge is 0.267 e. The molecule has 28 heavy (non-hydrogen) atoms. The van der Waals surface area contributed by atoms with E-state index in [1.807, 2.05) is 11.8 Å². The highest BCUT2D eigenvalue weighted by atomic mass is 32.2. The first-order valence-electron chi connectivity index (χ1n) is 10.2. The first kappa shape index (κ1) is 18.1. The van der Waals surface area contributed by atoms with Gasteiger partial charge in [0.05, 0.1) is 24.0 Å². The van der Waals surface area contributed by atoms with E-state index in [0.29, 0.717) is 6.54 Å². The fourth-order valence-corrected chi connectivity index (χ4v) is 5.46. The second-order valence-corrected chi connectivity index (χ2v) is 9.20. The van der Waals surface area contributed by atoms with E-state index in [0.717, 1.165) is 79.6 Å². The number of hydrogen-bond donors (Lipinski definition) is 0. The van der Waals surface area contributed by atoms with Crippen LogP contribution in [0.3, 0.4) is 0 Å². The number of likely N-dealkylation sites (N-methyl/N-ethyl adjacent to an activating group) is 1. The van der Waals surface area contributed by atoms with Crippen LogP contribution < -0.4 is 10.5 Å². The molecule has 0 bridgehead atoms. The van der Waals surface area contributed by atoms with Gasteiger partial charge in [0.2, 0.25) is 0 Å². The van der Waals surface area contributed by atoms with E-state index in [1.54, 1.807) is 10.7 Å². The van der Waals surface area contributed by atoms with E-state index in [1.165, 1.54) is 5.56 Å². The van der Waals surface area contributed by atoms with Crippen molar-refractivity contribution in [2.45, 2.75) is 50.6 Å². The van der Waals surface area contributed by atoms with Crippen molar-refractivity contribution in [1.82, 2.24) is 24.9 Å². The largest absolute Gasteiger partial charge is 0.350 e. The van der Waals surface area contributed by atoms with E-state index in [4.69, 9.17) is 5.10 Å². The third-order valence-corrected chi connectivity index (χ3v) is 7.09. The summed E-state index contributed by atoms with van der Waals surface area (Å²) < 4.78 is 1.68. The number of aryl methyl sites for hydroxylation is 1. The molecule has 2 aromatic heterocycles. The Kier molecular flexibility index (Phi) is 4.84. The van der Waals surface area contributed by atoms with Crippen LogP contribution in [0.1, 0.15) is 35.4 Å². The van der Waals surface area contributed by atoms with Gasteiger partial charge in [-0.05, 0) is 42.8 Å². The monoisotopic (exact) mass is 398 g/mol. The van der Waals surface area contributed by atoms with Crippen molar-refractivity contribution in [2.75, 3.05) is 30.8 Å². The maximum atomic E-state index is 12.6. The van der Waals surface area contributed by atoms with Crippen molar-refractivity contribution in [3.63, 3.8) is 0 Å². The summed E-state index contributed by atoms with van der Waals surface area (Å²) in [6, 6.07) is 4.24. The molecule has 8 heteroatoms. The third kappa shape index (κ3) is 3.43. The van der Waals surface area contributed by atoms with Gasteiger partial charge in [0.15, 0.2) is 5.82 Å². The van der Waals surface area contributed by atoms with Crippen LogP contribution in [0, 0.1) is 0 Å². The Labute approximate surface area is 169 Å². The molecule has 0 radical (unpaired) electrons. The first-order valence-corrected chi connectivity index (χ1v) is 11.3. The molecular formula is C20H26N6OS. The predicted molar refractivity (Wildman–Crippen MR) is 111 cm³/mol. The van der Waals surface area contributed by atoms with Crippen molar-refractivity contribution in [3.05, 3.63) is 45.0 Å². The lowest BCUT2D eigenvalue weighted by molar-refractivity contribution is 0.308. The molecule has 0 N–H and O–H groups in total. The highest BCUT2D eigenvalue weighted by Crippen LogP contribution is 2.27. The minimum atomic E-state index is 0.0197. The summed E-state index contributed by atoms with van der Waals surface area (Å²) in [5.74, 6) is 2.94. The lowest BCUT2D eigenvalue weighted by Gasteiger charge is -2.28. The molecule has 148 valence electrons. The van der Waals surface area contributed by atoms with E-state index < -0.39 is 0 Å². The summed E-state index contributed by atoms with van der Waals surface area (Å²) in [5, 5.41) is 13.7. The Morgan fingerprint density at radius 3 is 3.00 bits per heavy atom. The fraction of sp³-hybridized carbons (Fsp3) is 0.600. The number of hydrogen-bond acceptors (Lipinski definition) is 7. The average Bonchev–Trinajstić information content (AvgIpc) is 3.16. The van der Waals surface area contributed by atoms with E-state index in [9.17, 15) is 4.79 Å². The van der Waals surface area contributed by atoms with Crippen LogP contribution in [0.2, 0.25) is 0 Å². The van der Waals surface area contributed by atoms with E-state index in [2.05, 4.69) is 33.1 Å². The van der Waals surface area contributed by atoms with Crippen molar-refractivity contribution in [1.29, 1.82) is 0 Å². The highest BCUT2D eigenvalue weighted by molar-refractivity contribution is 7.98. The standard InChI is InChI=1S/C20H26N6OS/c1-24-7-4-17-14(11-24)9-19(22-21-17)25-6-2-3-16(25)12-26-20(27)10-15-13-28-8-5-18(15)23-26/h9-10,16H,2-8,11-13H2,1H3. The topological polar surface area (TPSA) is 67.2 Å².